The molecule has 3 heteroatoms. The molecule has 1 fully saturated rings. The molecule has 1 saturated carbocycles. The van der Waals surface area contributed by atoms with Crippen molar-refractivity contribution < 1.29 is 4.79 Å². The predicted molar refractivity (Wildman–Crippen MR) is 80.4 cm³/mol. The van der Waals surface area contributed by atoms with Gasteiger partial charge in [0.15, 0.2) is 0 Å². The first-order valence-electron chi connectivity index (χ1n) is 7.31. The molecule has 104 valence electrons. The van der Waals surface area contributed by atoms with Crippen molar-refractivity contribution in [2.45, 2.75) is 52.0 Å². The van der Waals surface area contributed by atoms with Crippen LogP contribution in [0.3, 0.4) is 0 Å². The summed E-state index contributed by atoms with van der Waals surface area (Å²) in [5.41, 5.74) is 2.00. The molecule has 0 radical (unpaired) electrons. The molecule has 0 saturated heterocycles. The Morgan fingerprint density at radius 1 is 1.11 bits per heavy atom. The quantitative estimate of drug-likeness (QED) is 0.858. The molecule has 0 unspecified atom stereocenters. The molecular weight excluding hydrogens is 236 g/mol. The summed E-state index contributed by atoms with van der Waals surface area (Å²) >= 11 is 0. The van der Waals surface area contributed by atoms with E-state index in [1.807, 2.05) is 24.3 Å². The molecule has 0 aliphatic heterocycles. The van der Waals surface area contributed by atoms with E-state index < -0.39 is 0 Å². The van der Waals surface area contributed by atoms with Gasteiger partial charge in [-0.25, -0.2) is 0 Å². The van der Waals surface area contributed by atoms with E-state index >= 15 is 0 Å². The summed E-state index contributed by atoms with van der Waals surface area (Å²) < 4.78 is 0. The van der Waals surface area contributed by atoms with Crippen molar-refractivity contribution in [3.63, 3.8) is 0 Å². The number of rotatable bonds is 4. The number of amides is 1. The minimum atomic E-state index is -0.0291. The van der Waals surface area contributed by atoms with Gasteiger partial charge in [0.1, 0.15) is 0 Å². The number of hydrogen-bond acceptors (Lipinski definition) is 2. The monoisotopic (exact) mass is 260 g/mol. The Kier molecular flexibility index (Phi) is 4.83. The van der Waals surface area contributed by atoms with Gasteiger partial charge >= 0.3 is 0 Å². The predicted octanol–water partition coefficient (Wildman–Crippen LogP) is 4.03. The maximum Gasteiger partial charge on any atom is 0.221 e. The van der Waals surface area contributed by atoms with Crippen LogP contribution in [-0.2, 0) is 4.79 Å². The van der Waals surface area contributed by atoms with Crippen LogP contribution < -0.4 is 10.6 Å². The number of anilines is 2. The summed E-state index contributed by atoms with van der Waals surface area (Å²) in [6.07, 6.45) is 6.55. The van der Waals surface area contributed by atoms with Crippen molar-refractivity contribution in [3.8, 4) is 0 Å². The molecular formula is C16H24N2O. The van der Waals surface area contributed by atoms with Crippen LogP contribution in [0.2, 0.25) is 0 Å². The average molecular weight is 260 g/mol. The van der Waals surface area contributed by atoms with E-state index in [-0.39, 0.29) is 5.91 Å². The fourth-order valence-electron chi connectivity index (χ4n) is 2.80. The Morgan fingerprint density at radius 2 is 1.68 bits per heavy atom. The number of nitrogens with one attached hydrogen (secondary N) is 2. The maximum absolute atomic E-state index is 10.9. The third-order valence-electron chi connectivity index (χ3n) is 4.00. The lowest BCUT2D eigenvalue weighted by Crippen LogP contribution is -2.25. The summed E-state index contributed by atoms with van der Waals surface area (Å²) in [7, 11) is 0. The molecule has 3 nitrogen and oxygen atoms in total. The lowest BCUT2D eigenvalue weighted by atomic mass is 9.84. The Labute approximate surface area is 115 Å². The van der Waals surface area contributed by atoms with Gasteiger partial charge in [-0.3, -0.25) is 4.79 Å². The summed E-state index contributed by atoms with van der Waals surface area (Å²) in [4.78, 5) is 10.9. The van der Waals surface area contributed by atoms with E-state index in [1.54, 1.807) is 0 Å². The number of carbonyl (C=O) groups is 1. The molecule has 2 N–H and O–H groups in total. The van der Waals surface area contributed by atoms with Crippen LogP contribution in [0.25, 0.3) is 0 Å². The van der Waals surface area contributed by atoms with Crippen LogP contribution in [0.4, 0.5) is 11.4 Å². The smallest absolute Gasteiger partial charge is 0.221 e. The van der Waals surface area contributed by atoms with E-state index in [2.05, 4.69) is 17.6 Å². The second-order valence-corrected chi connectivity index (χ2v) is 5.53. The number of hydrogen-bond donors (Lipinski definition) is 2. The third kappa shape index (κ3) is 4.27. The molecule has 1 aliphatic carbocycles. The lowest BCUT2D eigenvalue weighted by molar-refractivity contribution is -0.114. The highest BCUT2D eigenvalue weighted by atomic mass is 16.1. The average Bonchev–Trinajstić information content (AvgIpc) is 2.41. The molecule has 19 heavy (non-hydrogen) atoms. The minimum Gasteiger partial charge on any atom is -0.382 e. The van der Waals surface area contributed by atoms with E-state index in [1.165, 1.54) is 39.0 Å². The topological polar surface area (TPSA) is 41.1 Å². The van der Waals surface area contributed by atoms with Gasteiger partial charge in [0.2, 0.25) is 5.91 Å². The Hall–Kier alpha value is -1.51. The molecule has 0 heterocycles. The zero-order chi connectivity index (χ0) is 13.7. The van der Waals surface area contributed by atoms with Gasteiger partial charge in [-0.1, -0.05) is 13.3 Å². The minimum absolute atomic E-state index is 0.0291. The first kappa shape index (κ1) is 13.9. The normalized spacial score (nSPS) is 22.8. The summed E-state index contributed by atoms with van der Waals surface area (Å²) in [5, 5.41) is 6.38. The van der Waals surface area contributed by atoms with Crippen molar-refractivity contribution in [2.24, 2.45) is 5.92 Å². The third-order valence-corrected chi connectivity index (χ3v) is 4.00. The van der Waals surface area contributed by atoms with Crippen LogP contribution in [-0.4, -0.2) is 11.9 Å². The Bertz CT molecular complexity index is 405. The first-order valence-corrected chi connectivity index (χ1v) is 7.31. The molecule has 0 aromatic heterocycles. The highest BCUT2D eigenvalue weighted by Gasteiger charge is 2.19. The van der Waals surface area contributed by atoms with Crippen molar-refractivity contribution in [1.82, 2.24) is 0 Å². The first-order chi connectivity index (χ1) is 9.17. The van der Waals surface area contributed by atoms with Crippen LogP contribution in [0.15, 0.2) is 24.3 Å². The van der Waals surface area contributed by atoms with Gasteiger partial charge in [0.05, 0.1) is 0 Å². The lowest BCUT2D eigenvalue weighted by Gasteiger charge is -2.29. The van der Waals surface area contributed by atoms with Crippen molar-refractivity contribution in [1.29, 1.82) is 0 Å². The van der Waals surface area contributed by atoms with E-state index in [0.717, 1.165) is 17.3 Å². The van der Waals surface area contributed by atoms with Gasteiger partial charge in [-0.05, 0) is 55.9 Å². The van der Waals surface area contributed by atoms with Crippen molar-refractivity contribution >= 4 is 17.3 Å². The van der Waals surface area contributed by atoms with Gasteiger partial charge in [0, 0.05) is 24.3 Å². The molecule has 1 aliphatic rings. The van der Waals surface area contributed by atoms with Crippen LogP contribution in [0.1, 0.15) is 46.0 Å². The summed E-state index contributed by atoms with van der Waals surface area (Å²) in [6, 6.07) is 8.58. The summed E-state index contributed by atoms with van der Waals surface area (Å²) in [5.74, 6) is 0.902. The van der Waals surface area contributed by atoms with E-state index in [0.29, 0.717) is 6.04 Å². The van der Waals surface area contributed by atoms with Crippen LogP contribution in [0, 0.1) is 5.92 Å². The number of benzene rings is 1. The van der Waals surface area contributed by atoms with Gasteiger partial charge < -0.3 is 10.6 Å². The highest BCUT2D eigenvalue weighted by Crippen LogP contribution is 2.28. The van der Waals surface area contributed by atoms with Gasteiger partial charge in [0.25, 0.3) is 0 Å². The Balaban J connectivity index is 1.84. The molecule has 1 aromatic carbocycles. The highest BCUT2D eigenvalue weighted by molar-refractivity contribution is 5.88. The molecule has 0 spiro atoms. The Morgan fingerprint density at radius 3 is 2.21 bits per heavy atom. The van der Waals surface area contributed by atoms with E-state index in [4.69, 9.17) is 0 Å². The van der Waals surface area contributed by atoms with Crippen molar-refractivity contribution in [2.75, 3.05) is 10.6 Å². The van der Waals surface area contributed by atoms with Gasteiger partial charge in [-0.15, -0.1) is 0 Å². The molecule has 0 atom stereocenters. The van der Waals surface area contributed by atoms with Crippen LogP contribution in [0.5, 0.6) is 0 Å². The molecule has 1 aromatic rings. The standard InChI is InChI=1S/C16H24N2O/c1-3-13-4-6-15(7-5-13)18-16-10-8-14(9-11-16)17-12(2)19/h8-11,13,15,18H,3-7H2,1-2H3,(H,17,19). The second-order valence-electron chi connectivity index (χ2n) is 5.53. The SMILES string of the molecule is CCC1CCC(Nc2ccc(NC(C)=O)cc2)CC1. The van der Waals surface area contributed by atoms with E-state index in [9.17, 15) is 4.79 Å². The maximum atomic E-state index is 10.9. The molecule has 2 rings (SSSR count). The fourth-order valence-corrected chi connectivity index (χ4v) is 2.80. The van der Waals surface area contributed by atoms with Gasteiger partial charge in [-0.2, -0.15) is 0 Å². The second kappa shape index (κ2) is 6.60. The fraction of sp³-hybridized carbons (Fsp3) is 0.562. The number of carbonyl (C=O) groups excluding carboxylic acids is 1. The van der Waals surface area contributed by atoms with Crippen LogP contribution >= 0.6 is 0 Å². The molecule has 0 bridgehead atoms. The van der Waals surface area contributed by atoms with Crippen molar-refractivity contribution in [3.05, 3.63) is 24.3 Å². The molecule has 1 amide bonds. The zero-order valence-electron chi connectivity index (χ0n) is 11.9. The zero-order valence-corrected chi connectivity index (χ0v) is 11.9. The largest absolute Gasteiger partial charge is 0.382 e. The summed E-state index contributed by atoms with van der Waals surface area (Å²) in [6.45, 7) is 3.82.